The topological polar surface area (TPSA) is 59.3 Å². The molecule has 0 aliphatic rings. The van der Waals surface area contributed by atoms with Gasteiger partial charge >= 0.3 is 6.09 Å². The van der Waals surface area contributed by atoms with E-state index in [0.717, 1.165) is 4.57 Å². The summed E-state index contributed by atoms with van der Waals surface area (Å²) in [6.45, 7) is 0. The molecular weight excluding hydrogens is 134 g/mol. The molecule has 0 radical (unpaired) electrons. The molecule has 0 fully saturated rings. The molecule has 0 aromatic carbocycles. The van der Waals surface area contributed by atoms with Gasteiger partial charge in [-0.15, -0.1) is 0 Å². The Morgan fingerprint density at radius 1 is 1.70 bits per heavy atom. The maximum Gasteiger partial charge on any atom is 0.415 e. The van der Waals surface area contributed by atoms with Gasteiger partial charge in [0.05, 0.1) is 0 Å². The standard InChI is InChI=1S/C6H5NO3/c8-4-5-1-2-7(3-5)6(9)10/h1-4H,(H,9,10). The molecule has 0 aliphatic carbocycles. The summed E-state index contributed by atoms with van der Waals surface area (Å²) in [6, 6.07) is 1.43. The first-order valence-corrected chi connectivity index (χ1v) is 2.60. The molecule has 1 heterocycles. The van der Waals surface area contributed by atoms with Crippen molar-refractivity contribution in [2.45, 2.75) is 0 Å². The molecule has 0 bridgehead atoms. The van der Waals surface area contributed by atoms with Crippen molar-refractivity contribution in [1.29, 1.82) is 0 Å². The molecule has 1 aromatic rings. The summed E-state index contributed by atoms with van der Waals surface area (Å²) in [5.41, 5.74) is 0.363. The molecule has 4 nitrogen and oxygen atoms in total. The Morgan fingerprint density at radius 3 is 2.70 bits per heavy atom. The number of carbonyl (C=O) groups is 2. The van der Waals surface area contributed by atoms with Gasteiger partial charge in [0.25, 0.3) is 0 Å². The minimum atomic E-state index is -1.09. The van der Waals surface area contributed by atoms with Crippen LogP contribution in [0.2, 0.25) is 0 Å². The van der Waals surface area contributed by atoms with E-state index in [0.29, 0.717) is 11.8 Å². The van der Waals surface area contributed by atoms with E-state index in [4.69, 9.17) is 5.11 Å². The zero-order valence-electron chi connectivity index (χ0n) is 5.02. The summed E-state index contributed by atoms with van der Waals surface area (Å²) in [4.78, 5) is 20.2. The molecule has 1 rings (SSSR count). The lowest BCUT2D eigenvalue weighted by atomic mass is 10.4. The van der Waals surface area contributed by atoms with Crippen LogP contribution in [0.15, 0.2) is 18.5 Å². The zero-order chi connectivity index (χ0) is 7.56. The zero-order valence-corrected chi connectivity index (χ0v) is 5.02. The second-order valence-corrected chi connectivity index (χ2v) is 1.75. The van der Waals surface area contributed by atoms with Crippen molar-refractivity contribution >= 4 is 12.4 Å². The van der Waals surface area contributed by atoms with Crippen molar-refractivity contribution in [2.24, 2.45) is 0 Å². The first-order chi connectivity index (χ1) is 4.74. The van der Waals surface area contributed by atoms with E-state index in [1.807, 2.05) is 0 Å². The number of hydrogen-bond acceptors (Lipinski definition) is 2. The molecule has 0 unspecified atom stereocenters. The summed E-state index contributed by atoms with van der Waals surface area (Å²) in [6.07, 6.45) is 2.06. The van der Waals surface area contributed by atoms with Crippen LogP contribution in [-0.2, 0) is 0 Å². The quantitative estimate of drug-likeness (QED) is 0.586. The molecule has 0 amide bonds. The van der Waals surface area contributed by atoms with Crippen molar-refractivity contribution < 1.29 is 14.7 Å². The summed E-state index contributed by atoms with van der Waals surface area (Å²) < 4.78 is 0.920. The van der Waals surface area contributed by atoms with Gasteiger partial charge in [-0.1, -0.05) is 0 Å². The summed E-state index contributed by atoms with van der Waals surface area (Å²) in [5.74, 6) is 0. The lowest BCUT2D eigenvalue weighted by molar-refractivity contribution is 0.112. The molecule has 1 N–H and O–H groups in total. The van der Waals surface area contributed by atoms with E-state index < -0.39 is 6.09 Å². The Morgan fingerprint density at radius 2 is 2.40 bits per heavy atom. The molecule has 10 heavy (non-hydrogen) atoms. The summed E-state index contributed by atoms with van der Waals surface area (Å²) >= 11 is 0. The highest BCUT2D eigenvalue weighted by molar-refractivity contribution is 5.77. The molecular formula is C6H5NO3. The van der Waals surface area contributed by atoms with Gasteiger partial charge in [-0.3, -0.25) is 9.36 Å². The van der Waals surface area contributed by atoms with Crippen molar-refractivity contribution in [3.63, 3.8) is 0 Å². The third-order valence-electron chi connectivity index (χ3n) is 1.07. The van der Waals surface area contributed by atoms with Gasteiger partial charge in [-0.05, 0) is 6.07 Å². The van der Waals surface area contributed by atoms with Gasteiger partial charge in [-0.25, -0.2) is 4.79 Å². The number of rotatable bonds is 1. The fraction of sp³-hybridized carbons (Fsp3) is 0. The van der Waals surface area contributed by atoms with Gasteiger partial charge in [0.1, 0.15) is 0 Å². The number of hydrogen-bond donors (Lipinski definition) is 1. The van der Waals surface area contributed by atoms with E-state index in [1.165, 1.54) is 18.5 Å². The van der Waals surface area contributed by atoms with Crippen molar-refractivity contribution in [2.75, 3.05) is 0 Å². The highest BCUT2D eigenvalue weighted by Gasteiger charge is 1.99. The minimum Gasteiger partial charge on any atom is -0.464 e. The molecule has 1 aromatic heterocycles. The fourth-order valence-corrected chi connectivity index (χ4v) is 0.602. The third-order valence-corrected chi connectivity index (χ3v) is 1.07. The Balaban J connectivity index is 2.98. The number of carbonyl (C=O) groups excluding carboxylic acids is 1. The largest absolute Gasteiger partial charge is 0.464 e. The molecule has 0 aliphatic heterocycles. The van der Waals surface area contributed by atoms with Gasteiger partial charge in [-0.2, -0.15) is 0 Å². The van der Waals surface area contributed by atoms with Crippen LogP contribution >= 0.6 is 0 Å². The molecule has 0 atom stereocenters. The van der Waals surface area contributed by atoms with Crippen LogP contribution < -0.4 is 0 Å². The van der Waals surface area contributed by atoms with Crippen LogP contribution in [-0.4, -0.2) is 22.1 Å². The third kappa shape index (κ3) is 1.05. The van der Waals surface area contributed by atoms with E-state index in [-0.39, 0.29) is 0 Å². The second-order valence-electron chi connectivity index (χ2n) is 1.75. The van der Waals surface area contributed by atoms with Gasteiger partial charge in [0, 0.05) is 18.0 Å². The normalized spacial score (nSPS) is 9.20. The fourth-order valence-electron chi connectivity index (χ4n) is 0.602. The molecule has 0 saturated carbocycles. The summed E-state index contributed by atoms with van der Waals surface area (Å²) in [5, 5.41) is 8.34. The van der Waals surface area contributed by atoms with Gasteiger partial charge in [0.15, 0.2) is 6.29 Å². The first-order valence-electron chi connectivity index (χ1n) is 2.60. The maximum atomic E-state index is 10.2. The van der Waals surface area contributed by atoms with Gasteiger partial charge < -0.3 is 5.11 Å². The summed E-state index contributed by atoms with van der Waals surface area (Å²) in [7, 11) is 0. The smallest absolute Gasteiger partial charge is 0.415 e. The van der Waals surface area contributed by atoms with Crippen molar-refractivity contribution in [3.8, 4) is 0 Å². The lowest BCUT2D eigenvalue weighted by Gasteiger charge is -1.87. The van der Waals surface area contributed by atoms with E-state index in [2.05, 4.69) is 0 Å². The average molecular weight is 139 g/mol. The SMILES string of the molecule is O=Cc1ccn(C(=O)O)c1. The lowest BCUT2D eigenvalue weighted by Crippen LogP contribution is -2.03. The monoisotopic (exact) mass is 139 g/mol. The Labute approximate surface area is 56.7 Å². The number of aromatic nitrogens is 1. The van der Waals surface area contributed by atoms with Crippen LogP contribution in [0.4, 0.5) is 4.79 Å². The van der Waals surface area contributed by atoms with E-state index in [9.17, 15) is 9.59 Å². The first kappa shape index (κ1) is 6.54. The second kappa shape index (κ2) is 2.34. The number of nitrogens with zero attached hydrogens (tertiary/aromatic N) is 1. The minimum absolute atomic E-state index is 0.363. The number of carboxylic acid groups (broad SMARTS) is 1. The Bertz CT molecular complexity index is 264. The van der Waals surface area contributed by atoms with Crippen LogP contribution in [0.5, 0.6) is 0 Å². The molecule has 52 valence electrons. The Hall–Kier alpha value is -1.58. The van der Waals surface area contributed by atoms with Crippen molar-refractivity contribution in [3.05, 3.63) is 24.0 Å². The van der Waals surface area contributed by atoms with Gasteiger partial charge in [0.2, 0.25) is 0 Å². The highest BCUT2D eigenvalue weighted by atomic mass is 16.4. The molecule has 0 spiro atoms. The predicted octanol–water partition coefficient (Wildman–Crippen LogP) is 0.827. The maximum absolute atomic E-state index is 10.2. The number of aldehydes is 1. The van der Waals surface area contributed by atoms with Crippen LogP contribution in [0, 0.1) is 0 Å². The average Bonchev–Trinajstić information content (AvgIpc) is 2.34. The predicted molar refractivity (Wildman–Crippen MR) is 33.2 cm³/mol. The van der Waals surface area contributed by atoms with E-state index in [1.54, 1.807) is 0 Å². The Kier molecular flexibility index (Phi) is 1.53. The van der Waals surface area contributed by atoms with Crippen molar-refractivity contribution in [1.82, 2.24) is 4.57 Å². The van der Waals surface area contributed by atoms with Crippen LogP contribution in [0.25, 0.3) is 0 Å². The van der Waals surface area contributed by atoms with E-state index >= 15 is 0 Å². The van der Waals surface area contributed by atoms with Crippen LogP contribution in [0.1, 0.15) is 10.4 Å². The molecule has 4 heteroatoms. The molecule has 0 saturated heterocycles. The highest BCUT2D eigenvalue weighted by Crippen LogP contribution is 1.96. The van der Waals surface area contributed by atoms with Crippen LogP contribution in [0.3, 0.4) is 0 Å².